The summed E-state index contributed by atoms with van der Waals surface area (Å²) in [7, 11) is -0.693. The molecular formula is C23H35N5O4S. The molecule has 1 aromatic rings. The molecule has 0 bridgehead atoms. The van der Waals surface area contributed by atoms with Crippen molar-refractivity contribution >= 4 is 33.2 Å². The number of hydrogen-bond acceptors (Lipinski definition) is 6. The van der Waals surface area contributed by atoms with Crippen LogP contribution in [0.3, 0.4) is 0 Å². The minimum atomic E-state index is -3.67. The number of carbonyl (C=O) groups is 2. The van der Waals surface area contributed by atoms with Crippen molar-refractivity contribution in [2.24, 2.45) is 0 Å². The van der Waals surface area contributed by atoms with E-state index in [1.165, 1.54) is 19.0 Å². The average Bonchev–Trinajstić information content (AvgIpc) is 2.81. The summed E-state index contributed by atoms with van der Waals surface area (Å²) >= 11 is 0. The highest BCUT2D eigenvalue weighted by Crippen LogP contribution is 2.41. The Hall–Kier alpha value is -2.17. The van der Waals surface area contributed by atoms with Crippen LogP contribution in [0, 0.1) is 0 Å². The maximum atomic E-state index is 13.5. The Labute approximate surface area is 197 Å². The van der Waals surface area contributed by atoms with Crippen molar-refractivity contribution in [3.8, 4) is 0 Å². The largest absolute Gasteiger partial charge is 0.358 e. The first kappa shape index (κ1) is 24.0. The smallest absolute Gasteiger partial charge is 0.250 e. The molecule has 0 radical (unpaired) electrons. The topological polar surface area (TPSA) is 84.5 Å². The highest BCUT2D eigenvalue weighted by molar-refractivity contribution is 7.89. The summed E-state index contributed by atoms with van der Waals surface area (Å²) in [5, 5.41) is 0. The van der Waals surface area contributed by atoms with Crippen molar-refractivity contribution in [3.63, 3.8) is 0 Å². The Morgan fingerprint density at radius 1 is 1.06 bits per heavy atom. The monoisotopic (exact) mass is 477 g/mol. The molecule has 3 aliphatic rings. The van der Waals surface area contributed by atoms with Crippen LogP contribution in [0.5, 0.6) is 0 Å². The molecule has 1 atom stereocenters. The summed E-state index contributed by atoms with van der Waals surface area (Å²) in [6.07, 6.45) is 3.79. The summed E-state index contributed by atoms with van der Waals surface area (Å²) in [6, 6.07) is 4.65. The van der Waals surface area contributed by atoms with E-state index in [0.29, 0.717) is 18.8 Å². The summed E-state index contributed by atoms with van der Waals surface area (Å²) < 4.78 is 26.7. The number of benzene rings is 1. The maximum absolute atomic E-state index is 13.5. The van der Waals surface area contributed by atoms with Crippen LogP contribution in [0.25, 0.3) is 0 Å². The van der Waals surface area contributed by atoms with Crippen LogP contribution >= 0.6 is 0 Å². The van der Waals surface area contributed by atoms with E-state index < -0.39 is 10.0 Å². The molecule has 3 aliphatic heterocycles. The number of piperazine rings is 1. The molecule has 0 spiro atoms. The quantitative estimate of drug-likeness (QED) is 0.612. The Morgan fingerprint density at radius 2 is 1.79 bits per heavy atom. The van der Waals surface area contributed by atoms with Gasteiger partial charge in [0.05, 0.1) is 16.3 Å². The van der Waals surface area contributed by atoms with Crippen LogP contribution in [-0.4, -0.2) is 100 Å². The zero-order valence-electron chi connectivity index (χ0n) is 19.9. The van der Waals surface area contributed by atoms with Gasteiger partial charge in [0, 0.05) is 46.8 Å². The van der Waals surface area contributed by atoms with Crippen molar-refractivity contribution < 1.29 is 18.0 Å². The van der Waals surface area contributed by atoms with Crippen molar-refractivity contribution in [2.75, 3.05) is 69.7 Å². The molecule has 33 heavy (non-hydrogen) atoms. The minimum Gasteiger partial charge on any atom is -0.358 e. The van der Waals surface area contributed by atoms with Crippen LogP contribution in [0.4, 0.5) is 11.4 Å². The van der Waals surface area contributed by atoms with Crippen molar-refractivity contribution in [1.82, 2.24) is 14.1 Å². The molecule has 2 fully saturated rings. The first-order valence-electron chi connectivity index (χ1n) is 11.9. The second kappa shape index (κ2) is 9.60. The van der Waals surface area contributed by atoms with E-state index in [-0.39, 0.29) is 29.3 Å². The van der Waals surface area contributed by atoms with Gasteiger partial charge in [-0.1, -0.05) is 6.92 Å². The van der Waals surface area contributed by atoms with Gasteiger partial charge in [-0.3, -0.25) is 19.4 Å². The molecule has 0 N–H and O–H groups in total. The predicted molar refractivity (Wildman–Crippen MR) is 128 cm³/mol. The number of fused-ring (bicyclic) bond motifs is 3. The van der Waals surface area contributed by atoms with Crippen LogP contribution in [0.2, 0.25) is 0 Å². The average molecular weight is 478 g/mol. The summed E-state index contributed by atoms with van der Waals surface area (Å²) in [5.41, 5.74) is 1.34. The molecule has 182 valence electrons. The van der Waals surface area contributed by atoms with E-state index in [1.807, 2.05) is 4.90 Å². The predicted octanol–water partition coefficient (Wildman–Crippen LogP) is 1.20. The van der Waals surface area contributed by atoms with Crippen LogP contribution in [0.15, 0.2) is 23.1 Å². The van der Waals surface area contributed by atoms with Gasteiger partial charge in [-0.2, -0.15) is 0 Å². The molecule has 10 heteroatoms. The first-order valence-corrected chi connectivity index (χ1v) is 13.3. The van der Waals surface area contributed by atoms with Gasteiger partial charge < -0.3 is 9.80 Å². The Bertz CT molecular complexity index is 1000. The van der Waals surface area contributed by atoms with E-state index in [4.69, 9.17) is 0 Å². The molecular weight excluding hydrogens is 442 g/mol. The lowest BCUT2D eigenvalue weighted by molar-refractivity contribution is -0.133. The Morgan fingerprint density at radius 3 is 2.45 bits per heavy atom. The second-order valence-corrected chi connectivity index (χ2v) is 11.4. The van der Waals surface area contributed by atoms with Crippen molar-refractivity contribution in [1.29, 1.82) is 0 Å². The zero-order valence-corrected chi connectivity index (χ0v) is 20.7. The fraction of sp³-hybridized carbons (Fsp3) is 0.652. The fourth-order valence-electron chi connectivity index (χ4n) is 5.04. The number of sulfonamides is 1. The number of rotatable bonds is 6. The first-order chi connectivity index (χ1) is 15.7. The van der Waals surface area contributed by atoms with Crippen molar-refractivity contribution in [2.45, 2.75) is 43.5 Å². The Kier molecular flexibility index (Phi) is 6.97. The number of piperidine rings is 1. The van der Waals surface area contributed by atoms with Gasteiger partial charge in [0.25, 0.3) is 0 Å². The lowest BCUT2D eigenvalue weighted by Gasteiger charge is -2.45. The number of amides is 2. The van der Waals surface area contributed by atoms with E-state index in [1.54, 1.807) is 18.2 Å². The number of anilines is 2. The highest BCUT2D eigenvalue weighted by Gasteiger charge is 2.41. The van der Waals surface area contributed by atoms with E-state index in [9.17, 15) is 18.0 Å². The minimum absolute atomic E-state index is 0.0601. The van der Waals surface area contributed by atoms with E-state index in [2.05, 4.69) is 16.7 Å². The number of nitrogens with zero attached hydrogens (tertiary/aromatic N) is 5. The van der Waals surface area contributed by atoms with Crippen LogP contribution in [-0.2, 0) is 19.6 Å². The van der Waals surface area contributed by atoms with Gasteiger partial charge >= 0.3 is 0 Å². The number of hydrogen-bond donors (Lipinski definition) is 0. The van der Waals surface area contributed by atoms with Gasteiger partial charge in [0.2, 0.25) is 21.8 Å². The normalized spacial score (nSPS) is 21.9. The van der Waals surface area contributed by atoms with Gasteiger partial charge in [-0.05, 0) is 50.4 Å². The molecule has 4 rings (SSSR count). The third kappa shape index (κ3) is 4.61. The Balaban J connectivity index is 1.63. The zero-order chi connectivity index (χ0) is 23.8. The summed E-state index contributed by atoms with van der Waals surface area (Å²) in [4.78, 5) is 34.6. The third-order valence-corrected chi connectivity index (χ3v) is 8.75. The van der Waals surface area contributed by atoms with Crippen LogP contribution < -0.4 is 9.80 Å². The molecule has 3 heterocycles. The third-order valence-electron chi connectivity index (χ3n) is 6.94. The van der Waals surface area contributed by atoms with Gasteiger partial charge in [-0.15, -0.1) is 0 Å². The van der Waals surface area contributed by atoms with Gasteiger partial charge in [0.1, 0.15) is 12.6 Å². The standard InChI is InChI=1S/C23H35N5O4S/c1-4-10-25-12-14-26(15-13-25)22(29)17-28-21-16-18(33(31,32)24(2)3)8-9-19(21)27-11-6-5-7-20(27)23(28)30/h8-9,16,20H,4-7,10-15,17H2,1-3H3. The molecule has 0 aliphatic carbocycles. The number of carbonyl (C=O) groups excluding carboxylic acids is 2. The van der Waals surface area contributed by atoms with E-state index >= 15 is 0 Å². The second-order valence-electron chi connectivity index (χ2n) is 9.29. The van der Waals surface area contributed by atoms with E-state index in [0.717, 1.165) is 61.9 Å². The van der Waals surface area contributed by atoms with Gasteiger partial charge in [0.15, 0.2) is 0 Å². The van der Waals surface area contributed by atoms with Crippen molar-refractivity contribution in [3.05, 3.63) is 18.2 Å². The molecule has 2 amide bonds. The summed E-state index contributed by atoms with van der Waals surface area (Å²) in [6.45, 7) is 6.85. The molecule has 0 saturated carbocycles. The fourth-order valence-corrected chi connectivity index (χ4v) is 5.97. The maximum Gasteiger partial charge on any atom is 0.250 e. The lowest BCUT2D eigenvalue weighted by Crippen LogP contribution is -2.58. The molecule has 0 aromatic heterocycles. The molecule has 1 aromatic carbocycles. The molecule has 2 saturated heterocycles. The summed E-state index contributed by atoms with van der Waals surface area (Å²) in [5.74, 6) is -0.199. The molecule has 1 unspecified atom stereocenters. The lowest BCUT2D eigenvalue weighted by atomic mass is 9.96. The highest BCUT2D eigenvalue weighted by atomic mass is 32.2. The van der Waals surface area contributed by atoms with Gasteiger partial charge in [-0.25, -0.2) is 12.7 Å². The van der Waals surface area contributed by atoms with Crippen LogP contribution in [0.1, 0.15) is 32.6 Å². The SMILES string of the molecule is CCCN1CCN(C(=O)CN2C(=O)C3CCCCN3c3ccc(S(=O)(=O)N(C)C)cc32)CC1. The molecule has 9 nitrogen and oxygen atoms in total.